The summed E-state index contributed by atoms with van der Waals surface area (Å²) in [6, 6.07) is 8.87. The van der Waals surface area contributed by atoms with E-state index in [1.54, 1.807) is 24.3 Å². The van der Waals surface area contributed by atoms with E-state index in [4.69, 9.17) is 9.79 Å². The van der Waals surface area contributed by atoms with E-state index in [0.29, 0.717) is 0 Å². The predicted molar refractivity (Wildman–Crippen MR) is 50.7 cm³/mol. The third kappa shape index (κ3) is 3.30. The highest BCUT2D eigenvalue weighted by molar-refractivity contribution is 7.69. The number of carbonyl (C=O) groups excluding carboxylic acids is 1. The van der Waals surface area contributed by atoms with Gasteiger partial charge in [-0.05, 0) is 5.56 Å². The van der Waals surface area contributed by atoms with E-state index in [-0.39, 0.29) is 6.54 Å². The Kier molecular flexibility index (Phi) is 3.41. The number of carbonyl (C=O) groups is 1. The second-order valence-corrected chi connectivity index (χ2v) is 4.18. The maximum absolute atomic E-state index is 10.8. The molecule has 0 heterocycles. The zero-order valence-corrected chi connectivity index (χ0v) is 8.15. The molecule has 6 heteroatoms. The predicted octanol–water partition coefficient (Wildman–Crippen LogP) is 1.07. The summed E-state index contributed by atoms with van der Waals surface area (Å²) in [4.78, 5) is 27.7. The van der Waals surface area contributed by atoms with Crippen LogP contribution in [0.15, 0.2) is 30.3 Å². The lowest BCUT2D eigenvalue weighted by Crippen LogP contribution is -2.20. The number of benzene rings is 1. The molecule has 0 aliphatic carbocycles. The van der Waals surface area contributed by atoms with Gasteiger partial charge in [0.2, 0.25) is 0 Å². The average molecular weight is 215 g/mol. The van der Waals surface area contributed by atoms with Crippen LogP contribution in [-0.4, -0.2) is 15.4 Å². The summed E-state index contributed by atoms with van der Waals surface area (Å²) in [6.45, 7) is 0.116. The molecule has 0 unspecified atom stereocenters. The highest BCUT2D eigenvalue weighted by Crippen LogP contribution is 2.34. The van der Waals surface area contributed by atoms with Gasteiger partial charge in [0.1, 0.15) is 0 Å². The van der Waals surface area contributed by atoms with Crippen LogP contribution >= 0.6 is 7.60 Å². The van der Waals surface area contributed by atoms with Crippen LogP contribution in [0.2, 0.25) is 0 Å². The minimum Gasteiger partial charge on any atom is -0.342 e. The van der Waals surface area contributed by atoms with Crippen molar-refractivity contribution in [2.24, 2.45) is 0 Å². The lowest BCUT2D eigenvalue weighted by Gasteiger charge is -2.05. The molecular formula is C8H10NO4P. The molecule has 5 nitrogen and oxygen atoms in total. The van der Waals surface area contributed by atoms with E-state index < -0.39 is 13.2 Å². The van der Waals surface area contributed by atoms with Gasteiger partial charge in [-0.3, -0.25) is 4.79 Å². The van der Waals surface area contributed by atoms with E-state index in [1.165, 1.54) is 0 Å². The molecule has 0 aromatic heterocycles. The van der Waals surface area contributed by atoms with Gasteiger partial charge >= 0.3 is 13.2 Å². The molecule has 0 fully saturated rings. The van der Waals surface area contributed by atoms with Gasteiger partial charge in [-0.25, -0.2) is 4.57 Å². The Morgan fingerprint density at radius 3 is 2.36 bits per heavy atom. The molecular weight excluding hydrogens is 205 g/mol. The molecule has 0 saturated heterocycles. The van der Waals surface area contributed by atoms with Crippen LogP contribution in [0.5, 0.6) is 0 Å². The van der Waals surface area contributed by atoms with Crippen molar-refractivity contribution in [1.82, 2.24) is 5.32 Å². The Balaban J connectivity index is 2.51. The molecule has 0 atom stereocenters. The van der Waals surface area contributed by atoms with Gasteiger partial charge < -0.3 is 15.1 Å². The molecule has 0 bridgehead atoms. The molecule has 0 spiro atoms. The fraction of sp³-hybridized carbons (Fsp3) is 0.125. The van der Waals surface area contributed by atoms with Gasteiger partial charge in [0.15, 0.2) is 0 Å². The van der Waals surface area contributed by atoms with E-state index in [0.717, 1.165) is 5.56 Å². The smallest absolute Gasteiger partial charge is 0.342 e. The Morgan fingerprint density at radius 1 is 1.29 bits per heavy atom. The van der Waals surface area contributed by atoms with E-state index in [2.05, 4.69) is 5.32 Å². The lowest BCUT2D eigenvalue weighted by molar-refractivity contribution is 0.248. The standard InChI is InChI=1S/C8H10NO4P/c10-8(14(11,12)13)9-6-7-4-2-1-3-5-7/h1-5H,6H2,(H,9,10)(H2,11,12,13). The van der Waals surface area contributed by atoms with Crippen molar-refractivity contribution in [2.75, 3.05) is 0 Å². The normalized spacial score (nSPS) is 11.0. The first-order chi connectivity index (χ1) is 6.50. The fourth-order valence-electron chi connectivity index (χ4n) is 0.877. The van der Waals surface area contributed by atoms with E-state index in [1.807, 2.05) is 6.07 Å². The maximum Gasteiger partial charge on any atom is 0.413 e. The van der Waals surface area contributed by atoms with Crippen LogP contribution in [0.1, 0.15) is 5.56 Å². The van der Waals surface area contributed by atoms with Crippen LogP contribution < -0.4 is 5.32 Å². The molecule has 0 saturated carbocycles. The van der Waals surface area contributed by atoms with Crippen molar-refractivity contribution in [1.29, 1.82) is 0 Å². The van der Waals surface area contributed by atoms with Crippen LogP contribution in [0, 0.1) is 0 Å². The van der Waals surface area contributed by atoms with E-state index >= 15 is 0 Å². The summed E-state index contributed by atoms with van der Waals surface area (Å²) in [6.07, 6.45) is 0. The van der Waals surface area contributed by atoms with E-state index in [9.17, 15) is 9.36 Å². The molecule has 1 aromatic carbocycles. The Hall–Kier alpha value is -1.16. The lowest BCUT2D eigenvalue weighted by atomic mass is 10.2. The molecule has 3 N–H and O–H groups in total. The minimum absolute atomic E-state index is 0.116. The Labute approximate surface area is 80.9 Å². The van der Waals surface area contributed by atoms with Crippen molar-refractivity contribution in [3.63, 3.8) is 0 Å². The maximum atomic E-state index is 10.8. The quantitative estimate of drug-likeness (QED) is 0.658. The molecule has 76 valence electrons. The molecule has 1 aromatic rings. The highest BCUT2D eigenvalue weighted by atomic mass is 31.2. The van der Waals surface area contributed by atoms with Gasteiger partial charge in [0, 0.05) is 6.54 Å². The summed E-state index contributed by atoms with van der Waals surface area (Å²) < 4.78 is 10.4. The highest BCUT2D eigenvalue weighted by Gasteiger charge is 2.24. The zero-order valence-electron chi connectivity index (χ0n) is 7.25. The first-order valence-corrected chi connectivity index (χ1v) is 5.49. The number of nitrogens with one attached hydrogen (secondary N) is 1. The van der Waals surface area contributed by atoms with Crippen molar-refractivity contribution < 1.29 is 19.1 Å². The molecule has 0 aliphatic rings. The van der Waals surface area contributed by atoms with Crippen LogP contribution in [-0.2, 0) is 11.1 Å². The summed E-state index contributed by atoms with van der Waals surface area (Å²) in [5, 5.41) is 2.14. The van der Waals surface area contributed by atoms with Gasteiger partial charge in [-0.2, -0.15) is 0 Å². The first kappa shape index (κ1) is 10.9. The second kappa shape index (κ2) is 4.37. The van der Waals surface area contributed by atoms with Gasteiger partial charge in [-0.1, -0.05) is 30.3 Å². The monoisotopic (exact) mass is 215 g/mol. The largest absolute Gasteiger partial charge is 0.413 e. The minimum atomic E-state index is -4.64. The number of rotatable bonds is 3. The van der Waals surface area contributed by atoms with Crippen LogP contribution in [0.4, 0.5) is 4.79 Å². The number of hydrogen-bond acceptors (Lipinski definition) is 2. The Bertz CT molecular complexity index is 359. The summed E-state index contributed by atoms with van der Waals surface area (Å²) in [5.41, 5.74) is -0.462. The molecule has 14 heavy (non-hydrogen) atoms. The third-order valence-corrected chi connectivity index (χ3v) is 2.24. The number of hydrogen-bond donors (Lipinski definition) is 3. The summed E-state index contributed by atoms with van der Waals surface area (Å²) >= 11 is 0. The topological polar surface area (TPSA) is 86.6 Å². The molecule has 1 rings (SSSR count). The van der Waals surface area contributed by atoms with Gasteiger partial charge in [-0.15, -0.1) is 0 Å². The third-order valence-electron chi connectivity index (χ3n) is 1.55. The van der Waals surface area contributed by atoms with Crippen LogP contribution in [0.3, 0.4) is 0 Å². The molecule has 0 radical (unpaired) electrons. The average Bonchev–Trinajstić information content (AvgIpc) is 2.14. The Morgan fingerprint density at radius 2 is 1.86 bits per heavy atom. The van der Waals surface area contributed by atoms with Gasteiger partial charge in [0.05, 0.1) is 0 Å². The van der Waals surface area contributed by atoms with Crippen LogP contribution in [0.25, 0.3) is 0 Å². The molecule has 1 amide bonds. The van der Waals surface area contributed by atoms with Crippen molar-refractivity contribution >= 4 is 13.2 Å². The number of amides is 1. The second-order valence-electron chi connectivity index (χ2n) is 2.69. The van der Waals surface area contributed by atoms with Crippen molar-refractivity contribution in [2.45, 2.75) is 6.54 Å². The van der Waals surface area contributed by atoms with Gasteiger partial charge in [0.25, 0.3) is 0 Å². The molecule has 0 aliphatic heterocycles. The zero-order chi connectivity index (χ0) is 10.6. The van der Waals surface area contributed by atoms with Crippen molar-refractivity contribution in [3.8, 4) is 0 Å². The summed E-state index contributed by atoms with van der Waals surface area (Å²) in [5.74, 6) is 0. The van der Waals surface area contributed by atoms with Crippen molar-refractivity contribution in [3.05, 3.63) is 35.9 Å². The first-order valence-electron chi connectivity index (χ1n) is 3.88. The SMILES string of the molecule is O=C(NCc1ccccc1)P(=O)(O)O. The fourth-order valence-corrected chi connectivity index (χ4v) is 1.16. The summed E-state index contributed by atoms with van der Waals surface area (Å²) in [7, 11) is -4.64.